The summed E-state index contributed by atoms with van der Waals surface area (Å²) in [7, 11) is 0. The Labute approximate surface area is 125 Å². The molecule has 0 bridgehead atoms. The van der Waals surface area contributed by atoms with Gasteiger partial charge in [0.1, 0.15) is 11.4 Å². The van der Waals surface area contributed by atoms with Crippen LogP contribution in [0.5, 0.6) is 5.75 Å². The minimum absolute atomic E-state index is 0.235. The maximum atomic E-state index is 5.60. The zero-order valence-corrected chi connectivity index (χ0v) is 11.6. The Balaban J connectivity index is 1.58. The van der Waals surface area contributed by atoms with Gasteiger partial charge in [-0.15, -0.1) is 0 Å². The second kappa shape index (κ2) is 5.33. The lowest BCUT2D eigenvalue weighted by Crippen LogP contribution is -1.95. The first-order valence-electron chi connectivity index (χ1n) is 6.83. The van der Waals surface area contributed by atoms with Crippen LogP contribution in [0.2, 0.25) is 0 Å². The number of fused-ring (bicyclic) bond motifs is 1. The molecule has 0 saturated heterocycles. The molecule has 0 aliphatic rings. The van der Waals surface area contributed by atoms with Crippen molar-refractivity contribution in [1.82, 2.24) is 20.1 Å². The summed E-state index contributed by atoms with van der Waals surface area (Å²) < 4.78 is 10.8. The van der Waals surface area contributed by atoms with Crippen LogP contribution >= 0.6 is 0 Å². The van der Waals surface area contributed by atoms with Crippen LogP contribution in [0.4, 0.5) is 0 Å². The average Bonchev–Trinajstić information content (AvgIpc) is 3.22. The molecule has 1 N–H and O–H groups in total. The van der Waals surface area contributed by atoms with Gasteiger partial charge in [-0.3, -0.25) is 0 Å². The number of para-hydroxylation sites is 1. The van der Waals surface area contributed by atoms with Gasteiger partial charge < -0.3 is 14.2 Å². The van der Waals surface area contributed by atoms with Crippen molar-refractivity contribution >= 4 is 11.0 Å². The third-order valence-electron chi connectivity index (χ3n) is 3.27. The maximum Gasteiger partial charge on any atom is 0.264 e. The third-order valence-corrected chi connectivity index (χ3v) is 3.27. The first-order chi connectivity index (χ1) is 10.9. The van der Waals surface area contributed by atoms with Crippen molar-refractivity contribution in [1.29, 1.82) is 0 Å². The van der Waals surface area contributed by atoms with Crippen molar-refractivity contribution < 1.29 is 9.26 Å². The zero-order valence-electron chi connectivity index (χ0n) is 11.6. The topological polar surface area (TPSA) is 76.8 Å². The fourth-order valence-electron chi connectivity index (χ4n) is 2.24. The van der Waals surface area contributed by atoms with E-state index in [0.717, 1.165) is 22.3 Å². The molecule has 3 aromatic heterocycles. The molecule has 0 saturated carbocycles. The Kier molecular flexibility index (Phi) is 3.05. The monoisotopic (exact) mass is 292 g/mol. The summed E-state index contributed by atoms with van der Waals surface area (Å²) in [5.74, 6) is 1.72. The first kappa shape index (κ1) is 12.6. The van der Waals surface area contributed by atoms with Gasteiger partial charge in [0.25, 0.3) is 5.89 Å². The fraction of sp³-hybridized carbons (Fsp3) is 0.0625. The van der Waals surface area contributed by atoms with Gasteiger partial charge >= 0.3 is 0 Å². The molecule has 0 aliphatic carbocycles. The number of pyridine rings is 1. The van der Waals surface area contributed by atoms with Crippen LogP contribution in [0.15, 0.2) is 59.4 Å². The number of rotatable bonds is 4. The van der Waals surface area contributed by atoms with Crippen LogP contribution in [0, 0.1) is 0 Å². The van der Waals surface area contributed by atoms with Gasteiger partial charge in [-0.2, -0.15) is 4.98 Å². The number of aromatic amines is 1. The van der Waals surface area contributed by atoms with Crippen molar-refractivity contribution in [3.8, 4) is 17.1 Å². The summed E-state index contributed by atoms with van der Waals surface area (Å²) in [6, 6.07) is 13.3. The highest BCUT2D eigenvalue weighted by atomic mass is 16.5. The number of hydrogen-bond acceptors (Lipinski definition) is 5. The van der Waals surface area contributed by atoms with E-state index in [-0.39, 0.29) is 6.61 Å². The van der Waals surface area contributed by atoms with E-state index < -0.39 is 0 Å². The number of benzene rings is 1. The molecule has 108 valence electrons. The molecule has 6 heteroatoms. The predicted octanol–water partition coefficient (Wildman–Crippen LogP) is 3.19. The Morgan fingerprint density at radius 1 is 1.09 bits per heavy atom. The number of aromatic nitrogens is 4. The largest absolute Gasteiger partial charge is 0.484 e. The van der Waals surface area contributed by atoms with Gasteiger partial charge in [0.2, 0.25) is 5.82 Å². The smallest absolute Gasteiger partial charge is 0.264 e. The molecule has 6 nitrogen and oxygen atoms in total. The van der Waals surface area contributed by atoms with Gasteiger partial charge in [0.15, 0.2) is 6.61 Å². The molecule has 4 aromatic rings. The lowest BCUT2D eigenvalue weighted by Gasteiger charge is -2.01. The van der Waals surface area contributed by atoms with Gasteiger partial charge in [0.05, 0.1) is 0 Å². The highest BCUT2D eigenvalue weighted by Gasteiger charge is 2.12. The summed E-state index contributed by atoms with van der Waals surface area (Å²) in [5, 5.41) is 4.98. The molecule has 1 aromatic carbocycles. The van der Waals surface area contributed by atoms with Crippen LogP contribution in [-0.2, 0) is 6.61 Å². The number of ether oxygens (including phenoxy) is 1. The van der Waals surface area contributed by atoms with Crippen molar-refractivity contribution in [2.24, 2.45) is 0 Å². The normalized spacial score (nSPS) is 10.9. The van der Waals surface area contributed by atoms with E-state index in [0.29, 0.717) is 11.7 Å². The summed E-state index contributed by atoms with van der Waals surface area (Å²) in [4.78, 5) is 11.7. The van der Waals surface area contributed by atoms with Gasteiger partial charge in [-0.05, 0) is 24.3 Å². The molecule has 0 spiro atoms. The number of H-pyrrole nitrogens is 1. The van der Waals surface area contributed by atoms with Crippen molar-refractivity contribution in [3.05, 3.63) is 60.7 Å². The van der Waals surface area contributed by atoms with Crippen molar-refractivity contribution in [2.75, 3.05) is 0 Å². The Morgan fingerprint density at radius 2 is 2.00 bits per heavy atom. The van der Waals surface area contributed by atoms with E-state index in [4.69, 9.17) is 9.26 Å². The molecule has 0 amide bonds. The fourth-order valence-corrected chi connectivity index (χ4v) is 2.24. The quantitative estimate of drug-likeness (QED) is 0.625. The molecular weight excluding hydrogens is 280 g/mol. The van der Waals surface area contributed by atoms with E-state index >= 15 is 0 Å². The highest BCUT2D eigenvalue weighted by molar-refractivity contribution is 5.90. The predicted molar refractivity (Wildman–Crippen MR) is 80.2 cm³/mol. The van der Waals surface area contributed by atoms with E-state index in [9.17, 15) is 0 Å². The second-order valence-corrected chi connectivity index (χ2v) is 4.71. The van der Waals surface area contributed by atoms with Crippen LogP contribution in [0.3, 0.4) is 0 Å². The van der Waals surface area contributed by atoms with Gasteiger partial charge in [-0.1, -0.05) is 23.4 Å². The van der Waals surface area contributed by atoms with Gasteiger partial charge in [-0.25, -0.2) is 4.98 Å². The molecule has 4 rings (SSSR count). The van der Waals surface area contributed by atoms with Crippen LogP contribution in [0.25, 0.3) is 22.4 Å². The lowest BCUT2D eigenvalue weighted by molar-refractivity contribution is 0.243. The van der Waals surface area contributed by atoms with Gasteiger partial charge in [0, 0.05) is 23.3 Å². The second-order valence-electron chi connectivity index (χ2n) is 4.71. The molecule has 0 unspecified atom stereocenters. The molecule has 0 aliphatic heterocycles. The zero-order chi connectivity index (χ0) is 14.8. The summed E-state index contributed by atoms with van der Waals surface area (Å²) >= 11 is 0. The van der Waals surface area contributed by atoms with E-state index in [1.54, 1.807) is 6.20 Å². The number of hydrogen-bond donors (Lipinski definition) is 1. The average molecular weight is 292 g/mol. The van der Waals surface area contributed by atoms with Crippen LogP contribution in [-0.4, -0.2) is 20.1 Å². The SMILES string of the molecule is c1ccc(OCc2nc(-c3ccnc4[nH]ccc34)no2)cc1. The highest BCUT2D eigenvalue weighted by Crippen LogP contribution is 2.24. The summed E-state index contributed by atoms with van der Waals surface area (Å²) in [6.07, 6.45) is 3.55. The third kappa shape index (κ3) is 2.31. The Hall–Kier alpha value is -3.15. The Bertz CT molecular complexity index is 899. The molecular formula is C16H12N4O2. The molecule has 3 heterocycles. The minimum Gasteiger partial charge on any atom is -0.484 e. The molecule has 0 atom stereocenters. The van der Waals surface area contributed by atoms with E-state index in [1.807, 2.05) is 48.7 Å². The van der Waals surface area contributed by atoms with Crippen LogP contribution in [0.1, 0.15) is 5.89 Å². The first-order valence-corrected chi connectivity index (χ1v) is 6.83. The standard InChI is InChI=1S/C16H12N4O2/c1-2-4-11(5-3-1)21-10-14-19-16(20-22-14)13-7-9-18-15-12(13)6-8-17-15/h1-9H,10H2,(H,17,18). The summed E-state index contributed by atoms with van der Waals surface area (Å²) in [6.45, 7) is 0.235. The number of nitrogens with one attached hydrogen (secondary N) is 1. The maximum absolute atomic E-state index is 5.60. The van der Waals surface area contributed by atoms with Crippen LogP contribution < -0.4 is 4.74 Å². The lowest BCUT2D eigenvalue weighted by atomic mass is 10.2. The van der Waals surface area contributed by atoms with Crippen molar-refractivity contribution in [2.45, 2.75) is 6.61 Å². The molecule has 0 fully saturated rings. The van der Waals surface area contributed by atoms with E-state index in [1.165, 1.54) is 0 Å². The van der Waals surface area contributed by atoms with Crippen molar-refractivity contribution in [3.63, 3.8) is 0 Å². The molecule has 22 heavy (non-hydrogen) atoms. The number of nitrogens with zero attached hydrogens (tertiary/aromatic N) is 3. The minimum atomic E-state index is 0.235. The Morgan fingerprint density at radius 3 is 2.91 bits per heavy atom. The molecule has 0 radical (unpaired) electrons. The summed E-state index contributed by atoms with van der Waals surface area (Å²) in [5.41, 5.74) is 1.67. The van der Waals surface area contributed by atoms with E-state index in [2.05, 4.69) is 20.1 Å².